The van der Waals surface area contributed by atoms with Gasteiger partial charge in [-0.1, -0.05) is 65.0 Å². The van der Waals surface area contributed by atoms with Crippen LogP contribution in [0.3, 0.4) is 0 Å². The van der Waals surface area contributed by atoms with E-state index in [9.17, 15) is 18.8 Å². The summed E-state index contributed by atoms with van der Waals surface area (Å²) in [5.74, 6) is -1.62. The number of halogens is 2. The molecule has 0 bridgehead atoms. The minimum Gasteiger partial charge on any atom is -0.450 e. The number of aromatic nitrogens is 2. The molecule has 40 heavy (non-hydrogen) atoms. The predicted molar refractivity (Wildman–Crippen MR) is 151 cm³/mol. The normalized spacial score (nSPS) is 17.8. The van der Waals surface area contributed by atoms with Crippen molar-refractivity contribution in [3.63, 3.8) is 0 Å². The Labute approximate surface area is 239 Å². The van der Waals surface area contributed by atoms with E-state index >= 15 is 0 Å². The largest absolute Gasteiger partial charge is 0.450 e. The first-order valence-electron chi connectivity index (χ1n) is 12.0. The van der Waals surface area contributed by atoms with E-state index in [1.807, 2.05) is 18.2 Å². The zero-order valence-corrected chi connectivity index (χ0v) is 22.9. The molecule has 2 amide bonds. The molecular formula is C28H16ClFN4O4S2. The number of amides is 2. The Morgan fingerprint density at radius 3 is 2.70 bits per heavy atom. The molecule has 1 atom stereocenters. The minimum atomic E-state index is -1.90. The molecule has 2 aliphatic heterocycles. The number of fused-ring (bicyclic) bond motifs is 5. The van der Waals surface area contributed by atoms with Gasteiger partial charge in [-0.25, -0.2) is 4.39 Å². The molecule has 0 saturated carbocycles. The number of para-hydroxylation sites is 1. The van der Waals surface area contributed by atoms with Gasteiger partial charge in [0, 0.05) is 29.1 Å². The van der Waals surface area contributed by atoms with Crippen molar-refractivity contribution < 1.29 is 18.4 Å². The van der Waals surface area contributed by atoms with Gasteiger partial charge < -0.3 is 9.32 Å². The van der Waals surface area contributed by atoms with E-state index in [4.69, 9.17) is 16.0 Å². The maximum Gasteiger partial charge on any atom is 0.297 e. The van der Waals surface area contributed by atoms with Gasteiger partial charge in [0.05, 0.1) is 10.9 Å². The standard InChI is InChI=1S/C28H16ClFN4O4S2/c1-33-19-8-3-2-7-18(19)28(25(33)37)21-22(35)17-12-16(30)9-10-20(17)38-23(21)24(36)34(28)26-31-32-27(40-26)39-13-14-5-4-6-15(29)11-14/h2-12H,13H2,1H3. The molecule has 1 spiro atoms. The molecule has 0 saturated heterocycles. The van der Waals surface area contributed by atoms with Gasteiger partial charge in [0.15, 0.2) is 15.3 Å². The summed E-state index contributed by atoms with van der Waals surface area (Å²) in [5.41, 5.74) is -0.764. The number of likely N-dealkylation sites (N-methyl/N-ethyl adjacent to an activating group) is 1. The molecule has 12 heteroatoms. The summed E-state index contributed by atoms with van der Waals surface area (Å²) in [6.45, 7) is 0. The van der Waals surface area contributed by atoms with Gasteiger partial charge in [0.2, 0.25) is 10.9 Å². The molecule has 0 fully saturated rings. The minimum absolute atomic E-state index is 0.0395. The highest BCUT2D eigenvalue weighted by molar-refractivity contribution is 8.00. The first-order chi connectivity index (χ1) is 19.3. The fourth-order valence-corrected chi connectivity index (χ4v) is 7.41. The third-order valence-corrected chi connectivity index (χ3v) is 9.40. The summed E-state index contributed by atoms with van der Waals surface area (Å²) in [4.78, 5) is 44.9. The molecule has 4 heterocycles. The highest BCUT2D eigenvalue weighted by Gasteiger charge is 2.66. The fourth-order valence-electron chi connectivity index (χ4n) is 5.36. The van der Waals surface area contributed by atoms with Gasteiger partial charge in [0.25, 0.3) is 11.8 Å². The van der Waals surface area contributed by atoms with Crippen LogP contribution in [-0.2, 0) is 16.1 Å². The summed E-state index contributed by atoms with van der Waals surface area (Å²) in [6, 6.07) is 17.8. The van der Waals surface area contributed by atoms with E-state index in [1.54, 1.807) is 37.4 Å². The average molecular weight is 591 g/mol. The Hall–Kier alpha value is -4.06. The lowest BCUT2D eigenvalue weighted by molar-refractivity contribution is -0.121. The number of carbonyl (C=O) groups is 2. The van der Waals surface area contributed by atoms with Crippen LogP contribution in [0.2, 0.25) is 5.02 Å². The highest BCUT2D eigenvalue weighted by atomic mass is 35.5. The van der Waals surface area contributed by atoms with Gasteiger partial charge in [-0.15, -0.1) is 10.2 Å². The van der Waals surface area contributed by atoms with Gasteiger partial charge in [-0.3, -0.25) is 19.3 Å². The lowest BCUT2D eigenvalue weighted by Gasteiger charge is -2.31. The van der Waals surface area contributed by atoms with E-state index in [1.165, 1.54) is 27.6 Å². The summed E-state index contributed by atoms with van der Waals surface area (Å²) >= 11 is 8.62. The lowest BCUT2D eigenvalue weighted by atomic mass is 9.84. The van der Waals surface area contributed by atoms with Crippen molar-refractivity contribution in [3.05, 3.63) is 110 Å². The van der Waals surface area contributed by atoms with Crippen LogP contribution in [0.15, 0.2) is 80.3 Å². The highest BCUT2D eigenvalue weighted by Crippen LogP contribution is 2.54. The molecule has 8 nitrogen and oxygen atoms in total. The number of rotatable bonds is 4. The predicted octanol–water partition coefficient (Wildman–Crippen LogP) is 5.61. The van der Waals surface area contributed by atoms with Gasteiger partial charge in [-0.05, 0) is 42.0 Å². The van der Waals surface area contributed by atoms with Crippen LogP contribution in [0.5, 0.6) is 0 Å². The lowest BCUT2D eigenvalue weighted by Crippen LogP contribution is -2.53. The molecular weight excluding hydrogens is 575 g/mol. The third-order valence-electron chi connectivity index (χ3n) is 7.05. The summed E-state index contributed by atoms with van der Waals surface area (Å²) in [5, 5.41) is 9.21. The Bertz CT molecular complexity index is 1960. The van der Waals surface area contributed by atoms with Gasteiger partial charge in [-0.2, -0.15) is 0 Å². The Morgan fingerprint density at radius 2 is 1.88 bits per heavy atom. The number of hydrogen-bond acceptors (Lipinski definition) is 8. The third kappa shape index (κ3) is 3.41. The van der Waals surface area contributed by atoms with Crippen molar-refractivity contribution in [2.45, 2.75) is 15.6 Å². The quantitative estimate of drug-likeness (QED) is 0.198. The second kappa shape index (κ2) is 8.98. The fraction of sp³-hybridized carbons (Fsp3) is 0.107. The van der Waals surface area contributed by atoms with Crippen molar-refractivity contribution in [3.8, 4) is 0 Å². The summed E-state index contributed by atoms with van der Waals surface area (Å²) in [6.07, 6.45) is 0. The zero-order valence-electron chi connectivity index (χ0n) is 20.6. The summed E-state index contributed by atoms with van der Waals surface area (Å²) in [7, 11) is 1.57. The van der Waals surface area contributed by atoms with Gasteiger partial charge in [0.1, 0.15) is 11.4 Å². The van der Waals surface area contributed by atoms with Crippen molar-refractivity contribution in [2.24, 2.45) is 0 Å². The smallest absolute Gasteiger partial charge is 0.297 e. The van der Waals surface area contributed by atoms with E-state index in [-0.39, 0.29) is 27.4 Å². The molecule has 1 unspecified atom stereocenters. The van der Waals surface area contributed by atoms with E-state index in [0.29, 0.717) is 26.4 Å². The van der Waals surface area contributed by atoms with Crippen LogP contribution < -0.4 is 15.2 Å². The first kappa shape index (κ1) is 24.9. The van der Waals surface area contributed by atoms with Crippen molar-refractivity contribution in [1.82, 2.24) is 10.2 Å². The van der Waals surface area contributed by atoms with Crippen LogP contribution in [0.1, 0.15) is 27.2 Å². The van der Waals surface area contributed by atoms with Crippen LogP contribution >= 0.6 is 34.7 Å². The molecule has 2 aromatic heterocycles. The van der Waals surface area contributed by atoms with Gasteiger partial charge >= 0.3 is 0 Å². The van der Waals surface area contributed by atoms with E-state index in [2.05, 4.69) is 10.2 Å². The Kier molecular flexibility index (Phi) is 5.60. The monoisotopic (exact) mass is 590 g/mol. The van der Waals surface area contributed by atoms with Crippen molar-refractivity contribution in [2.75, 3.05) is 16.8 Å². The number of thioether (sulfide) groups is 1. The average Bonchev–Trinajstić information content (AvgIpc) is 3.58. The zero-order chi connectivity index (χ0) is 27.8. The van der Waals surface area contributed by atoms with Crippen molar-refractivity contribution in [1.29, 1.82) is 0 Å². The SMILES string of the molecule is CN1C(=O)C2(c3ccccc31)c1c(oc3ccc(F)cc3c1=O)C(=O)N2c1nnc(SCc2cccc(Cl)c2)s1. The first-order valence-corrected chi connectivity index (χ1v) is 14.2. The number of carbonyl (C=O) groups excluding carboxylic acids is 2. The van der Waals surface area contributed by atoms with Crippen molar-refractivity contribution >= 4 is 68.3 Å². The number of hydrogen-bond donors (Lipinski definition) is 0. The molecule has 7 rings (SSSR count). The molecule has 198 valence electrons. The molecule has 5 aromatic rings. The van der Waals surface area contributed by atoms with Crippen LogP contribution in [0.4, 0.5) is 15.2 Å². The van der Waals surface area contributed by atoms with E-state index < -0.39 is 28.6 Å². The van der Waals surface area contributed by atoms with Crippen LogP contribution in [0, 0.1) is 5.82 Å². The Balaban J connectivity index is 1.42. The maximum atomic E-state index is 14.2. The number of nitrogens with zero attached hydrogens (tertiary/aromatic N) is 4. The number of anilines is 2. The van der Waals surface area contributed by atoms with Crippen LogP contribution in [0.25, 0.3) is 11.0 Å². The molecule has 0 radical (unpaired) electrons. The second-order valence-corrected chi connectivity index (χ2v) is 11.9. The second-order valence-electron chi connectivity index (χ2n) is 9.28. The summed E-state index contributed by atoms with van der Waals surface area (Å²) < 4.78 is 20.7. The topological polar surface area (TPSA) is 96.6 Å². The molecule has 3 aromatic carbocycles. The molecule has 0 aliphatic carbocycles. The van der Waals surface area contributed by atoms with Crippen LogP contribution in [-0.4, -0.2) is 29.1 Å². The molecule has 0 N–H and O–H groups in total. The van der Waals surface area contributed by atoms with E-state index in [0.717, 1.165) is 29.0 Å². The Morgan fingerprint density at radius 1 is 1.05 bits per heavy atom. The molecule has 2 aliphatic rings. The number of benzene rings is 3. The maximum absolute atomic E-state index is 14.2.